The first kappa shape index (κ1) is 18.7. The van der Waals surface area contributed by atoms with Gasteiger partial charge in [0.15, 0.2) is 0 Å². The Morgan fingerprint density at radius 2 is 1.82 bits per heavy atom. The van der Waals surface area contributed by atoms with Crippen LogP contribution in [0.4, 0.5) is 4.39 Å². The van der Waals surface area contributed by atoms with Gasteiger partial charge in [0.2, 0.25) is 5.91 Å². The zero-order valence-corrected chi connectivity index (χ0v) is 14.5. The Labute approximate surface area is 139 Å². The molecule has 0 heterocycles. The first-order valence-corrected chi connectivity index (χ1v) is 7.55. The Kier molecular flexibility index (Phi) is 6.20. The molecule has 0 saturated carbocycles. The molecular formula is C15H19Cl2FN2O2. The summed E-state index contributed by atoms with van der Waals surface area (Å²) >= 11 is 11.6. The zero-order chi connectivity index (χ0) is 17.1. The second kappa shape index (κ2) is 7.29. The van der Waals surface area contributed by atoms with Gasteiger partial charge in [-0.15, -0.1) is 0 Å². The van der Waals surface area contributed by atoms with E-state index in [4.69, 9.17) is 23.2 Å². The lowest BCUT2D eigenvalue weighted by Crippen LogP contribution is -2.47. The fourth-order valence-electron chi connectivity index (χ4n) is 1.82. The zero-order valence-electron chi connectivity index (χ0n) is 13.0. The van der Waals surface area contributed by atoms with Gasteiger partial charge in [-0.3, -0.25) is 9.59 Å². The van der Waals surface area contributed by atoms with Crippen molar-refractivity contribution in [1.82, 2.24) is 10.2 Å². The number of hydrogen-bond donors (Lipinski definition) is 1. The molecule has 0 atom stereocenters. The summed E-state index contributed by atoms with van der Waals surface area (Å²) in [5.41, 5.74) is -0.419. The molecule has 1 N–H and O–H groups in total. The van der Waals surface area contributed by atoms with Gasteiger partial charge in [-0.25, -0.2) is 4.39 Å². The van der Waals surface area contributed by atoms with Crippen LogP contribution in [0, 0.1) is 5.82 Å². The predicted octanol–water partition coefficient (Wildman–Crippen LogP) is 3.51. The van der Waals surface area contributed by atoms with E-state index in [1.54, 1.807) is 6.92 Å². The fraction of sp³-hybridized carbons (Fsp3) is 0.467. The number of benzene rings is 1. The van der Waals surface area contributed by atoms with Crippen molar-refractivity contribution in [2.45, 2.75) is 33.2 Å². The third kappa shape index (κ3) is 5.14. The van der Waals surface area contributed by atoms with E-state index in [0.717, 1.165) is 6.07 Å². The minimum atomic E-state index is -0.732. The molecular weight excluding hydrogens is 330 g/mol. The summed E-state index contributed by atoms with van der Waals surface area (Å²) in [4.78, 5) is 25.6. The molecule has 7 heteroatoms. The summed E-state index contributed by atoms with van der Waals surface area (Å²) in [6, 6.07) is 2.16. The normalized spacial score (nSPS) is 11.2. The SMILES string of the molecule is CCN(CC(=O)NC(C)(C)C)C(=O)c1cc(F)c(Cl)cc1Cl. The fourth-order valence-corrected chi connectivity index (χ4v) is 2.28. The van der Waals surface area contributed by atoms with Gasteiger partial charge in [-0.1, -0.05) is 23.2 Å². The van der Waals surface area contributed by atoms with Crippen molar-refractivity contribution < 1.29 is 14.0 Å². The Bertz CT molecular complexity index is 586. The van der Waals surface area contributed by atoms with Crippen LogP contribution in [-0.4, -0.2) is 35.3 Å². The molecule has 0 aliphatic carbocycles. The molecule has 122 valence electrons. The third-order valence-corrected chi connectivity index (χ3v) is 3.36. The molecule has 0 bridgehead atoms. The molecule has 0 radical (unpaired) electrons. The third-order valence-electron chi connectivity index (χ3n) is 2.76. The van der Waals surface area contributed by atoms with E-state index in [-0.39, 0.29) is 34.6 Å². The van der Waals surface area contributed by atoms with Gasteiger partial charge in [0.05, 0.1) is 22.2 Å². The van der Waals surface area contributed by atoms with E-state index in [1.165, 1.54) is 11.0 Å². The number of nitrogens with zero attached hydrogens (tertiary/aromatic N) is 1. The summed E-state index contributed by atoms with van der Waals surface area (Å²) in [6.45, 7) is 7.41. The second-order valence-electron chi connectivity index (χ2n) is 5.86. The minimum Gasteiger partial charge on any atom is -0.350 e. The molecule has 0 aromatic heterocycles. The number of hydrogen-bond acceptors (Lipinski definition) is 2. The van der Waals surface area contributed by atoms with Gasteiger partial charge in [0, 0.05) is 12.1 Å². The minimum absolute atomic E-state index is 0.0195. The van der Waals surface area contributed by atoms with Crippen LogP contribution in [0.15, 0.2) is 12.1 Å². The molecule has 0 aliphatic rings. The highest BCUT2D eigenvalue weighted by molar-refractivity contribution is 6.36. The van der Waals surface area contributed by atoms with E-state index >= 15 is 0 Å². The molecule has 0 spiro atoms. The van der Waals surface area contributed by atoms with Gasteiger partial charge in [0.1, 0.15) is 5.82 Å². The standard InChI is InChI=1S/C15H19Cl2FN2O2/c1-5-20(8-13(21)19-15(2,3)4)14(22)9-6-12(18)11(17)7-10(9)16/h6-7H,5,8H2,1-4H3,(H,19,21). The van der Waals surface area contributed by atoms with Gasteiger partial charge in [0.25, 0.3) is 5.91 Å². The Morgan fingerprint density at radius 1 is 1.23 bits per heavy atom. The first-order chi connectivity index (χ1) is 10.0. The molecule has 1 aromatic carbocycles. The Morgan fingerprint density at radius 3 is 2.32 bits per heavy atom. The number of rotatable bonds is 4. The molecule has 0 saturated heterocycles. The van der Waals surface area contributed by atoms with Gasteiger partial charge >= 0.3 is 0 Å². The van der Waals surface area contributed by atoms with Crippen LogP contribution in [-0.2, 0) is 4.79 Å². The molecule has 4 nitrogen and oxygen atoms in total. The maximum atomic E-state index is 13.5. The number of carbonyl (C=O) groups is 2. The van der Waals surface area contributed by atoms with Crippen molar-refractivity contribution in [2.24, 2.45) is 0 Å². The lowest BCUT2D eigenvalue weighted by atomic mass is 10.1. The second-order valence-corrected chi connectivity index (χ2v) is 6.68. The molecule has 1 rings (SSSR count). The van der Waals surface area contributed by atoms with Gasteiger partial charge < -0.3 is 10.2 Å². The summed E-state index contributed by atoms with van der Waals surface area (Å²) < 4.78 is 13.5. The average Bonchev–Trinajstić information content (AvgIpc) is 2.37. The molecule has 0 aliphatic heterocycles. The highest BCUT2D eigenvalue weighted by atomic mass is 35.5. The molecule has 0 fully saturated rings. The van der Waals surface area contributed by atoms with E-state index in [1.807, 2.05) is 20.8 Å². The summed E-state index contributed by atoms with van der Waals surface area (Å²) in [5, 5.41) is 2.65. The number of amides is 2. The lowest BCUT2D eigenvalue weighted by molar-refractivity contribution is -0.123. The molecule has 0 unspecified atom stereocenters. The van der Waals surface area contributed by atoms with Crippen LogP contribution in [0.3, 0.4) is 0 Å². The largest absolute Gasteiger partial charge is 0.350 e. The van der Waals surface area contributed by atoms with Crippen LogP contribution >= 0.6 is 23.2 Å². The van der Waals surface area contributed by atoms with Crippen molar-refractivity contribution >= 4 is 35.0 Å². The van der Waals surface area contributed by atoms with Crippen molar-refractivity contribution in [3.63, 3.8) is 0 Å². The van der Waals surface area contributed by atoms with Crippen molar-refractivity contribution in [3.8, 4) is 0 Å². The van der Waals surface area contributed by atoms with Crippen molar-refractivity contribution in [3.05, 3.63) is 33.6 Å². The number of likely N-dealkylation sites (N-methyl/N-ethyl adjacent to an activating group) is 1. The first-order valence-electron chi connectivity index (χ1n) is 6.80. The highest BCUT2D eigenvalue weighted by Gasteiger charge is 2.23. The quantitative estimate of drug-likeness (QED) is 0.846. The summed E-state index contributed by atoms with van der Waals surface area (Å²) in [6.07, 6.45) is 0. The van der Waals surface area contributed by atoms with Crippen molar-refractivity contribution in [2.75, 3.05) is 13.1 Å². The topological polar surface area (TPSA) is 49.4 Å². The monoisotopic (exact) mass is 348 g/mol. The molecule has 2 amide bonds. The van der Waals surface area contributed by atoms with E-state index in [9.17, 15) is 14.0 Å². The van der Waals surface area contributed by atoms with E-state index in [0.29, 0.717) is 0 Å². The summed E-state index contributed by atoms with van der Waals surface area (Å²) in [7, 11) is 0. The van der Waals surface area contributed by atoms with Crippen molar-refractivity contribution in [1.29, 1.82) is 0 Å². The number of nitrogens with one attached hydrogen (secondary N) is 1. The Balaban J connectivity index is 2.94. The smallest absolute Gasteiger partial charge is 0.255 e. The van der Waals surface area contributed by atoms with Crippen LogP contribution in [0.1, 0.15) is 38.1 Å². The molecule has 1 aromatic rings. The number of halogens is 3. The van der Waals surface area contributed by atoms with Crippen LogP contribution in [0.25, 0.3) is 0 Å². The van der Waals surface area contributed by atoms with E-state index < -0.39 is 17.3 Å². The predicted molar refractivity (Wildman–Crippen MR) is 85.9 cm³/mol. The molecule has 22 heavy (non-hydrogen) atoms. The van der Waals surface area contributed by atoms with E-state index in [2.05, 4.69) is 5.32 Å². The maximum absolute atomic E-state index is 13.5. The highest BCUT2D eigenvalue weighted by Crippen LogP contribution is 2.25. The van der Waals surface area contributed by atoms with Crippen LogP contribution in [0.5, 0.6) is 0 Å². The Hall–Kier alpha value is -1.33. The maximum Gasteiger partial charge on any atom is 0.255 e. The van der Waals surface area contributed by atoms with Gasteiger partial charge in [-0.2, -0.15) is 0 Å². The average molecular weight is 349 g/mol. The van der Waals surface area contributed by atoms with Crippen LogP contribution in [0.2, 0.25) is 10.0 Å². The summed E-state index contributed by atoms with van der Waals surface area (Å²) in [5.74, 6) is -1.55. The lowest BCUT2D eigenvalue weighted by Gasteiger charge is -2.25. The number of carbonyl (C=O) groups excluding carboxylic acids is 2. The van der Waals surface area contributed by atoms with Crippen LogP contribution < -0.4 is 5.32 Å². The van der Waals surface area contributed by atoms with Gasteiger partial charge in [-0.05, 0) is 39.8 Å².